The maximum atomic E-state index is 12.8. The number of nitrogens with zero attached hydrogens (tertiary/aromatic N) is 1. The lowest BCUT2D eigenvalue weighted by Gasteiger charge is -2.21. The zero-order chi connectivity index (χ0) is 10.8. The van der Waals surface area contributed by atoms with E-state index >= 15 is 0 Å². The van der Waals surface area contributed by atoms with Crippen LogP contribution in [0.1, 0.15) is 13.8 Å². The van der Waals surface area contributed by atoms with Crippen molar-refractivity contribution in [3.05, 3.63) is 18.2 Å². The van der Waals surface area contributed by atoms with Crippen molar-refractivity contribution in [3.63, 3.8) is 0 Å². The summed E-state index contributed by atoms with van der Waals surface area (Å²) in [5.41, 5.74) is 5.40. The maximum absolute atomic E-state index is 12.8. The minimum atomic E-state index is -2.79. The second kappa shape index (κ2) is 3.77. The van der Waals surface area contributed by atoms with Gasteiger partial charge in [0.1, 0.15) is 11.6 Å². The van der Waals surface area contributed by atoms with Crippen molar-refractivity contribution in [1.29, 1.82) is 0 Å². The summed E-state index contributed by atoms with van der Waals surface area (Å²) >= 11 is 0. The van der Waals surface area contributed by atoms with Gasteiger partial charge in [-0.05, 0) is 19.1 Å². The van der Waals surface area contributed by atoms with E-state index in [9.17, 15) is 8.78 Å². The minimum absolute atomic E-state index is 0.307. The van der Waals surface area contributed by atoms with E-state index in [0.29, 0.717) is 11.6 Å². The first-order chi connectivity index (χ1) is 6.39. The van der Waals surface area contributed by atoms with Gasteiger partial charge in [0, 0.05) is 6.92 Å². The van der Waals surface area contributed by atoms with E-state index in [1.54, 1.807) is 18.2 Å². The van der Waals surface area contributed by atoms with E-state index in [1.165, 1.54) is 6.92 Å². The molecule has 0 spiro atoms. The summed E-state index contributed by atoms with van der Waals surface area (Å²) in [6, 6.07) is 3.88. The number of alkyl halides is 2. The summed E-state index contributed by atoms with van der Waals surface area (Å²) in [7, 11) is 0. The fourth-order valence-corrected chi connectivity index (χ4v) is 0.880. The van der Waals surface area contributed by atoms with E-state index in [0.717, 1.165) is 6.92 Å². The number of pyridine rings is 1. The van der Waals surface area contributed by atoms with Crippen LogP contribution in [0.3, 0.4) is 0 Å². The molecule has 1 aromatic heterocycles. The molecule has 1 rings (SSSR count). The van der Waals surface area contributed by atoms with E-state index in [-0.39, 0.29) is 0 Å². The van der Waals surface area contributed by atoms with Gasteiger partial charge in [-0.3, -0.25) is 0 Å². The third-order valence-corrected chi connectivity index (χ3v) is 1.90. The van der Waals surface area contributed by atoms with E-state index in [2.05, 4.69) is 10.3 Å². The molecule has 0 saturated carbocycles. The second-order valence-corrected chi connectivity index (χ2v) is 3.27. The molecule has 1 heterocycles. The predicted molar refractivity (Wildman–Crippen MR) is 52.4 cm³/mol. The van der Waals surface area contributed by atoms with Crippen molar-refractivity contribution >= 4 is 11.6 Å². The Morgan fingerprint density at radius 1 is 1.50 bits per heavy atom. The third-order valence-electron chi connectivity index (χ3n) is 1.90. The molecular formula is C9H13F2N3. The molecule has 0 bridgehead atoms. The number of nitrogens with one attached hydrogen (secondary N) is 1. The van der Waals surface area contributed by atoms with Gasteiger partial charge < -0.3 is 11.1 Å². The van der Waals surface area contributed by atoms with Crippen molar-refractivity contribution in [2.75, 3.05) is 11.1 Å². The molecule has 0 aliphatic rings. The van der Waals surface area contributed by atoms with Crippen LogP contribution in [0.4, 0.5) is 20.4 Å². The molecule has 1 atom stereocenters. The lowest BCUT2D eigenvalue weighted by atomic mass is 10.2. The summed E-state index contributed by atoms with van der Waals surface area (Å²) in [5.74, 6) is -2.12. The van der Waals surface area contributed by atoms with Crippen LogP contribution in [0.5, 0.6) is 0 Å². The standard InChI is InChI=1S/C9H13F2N3/c1-6(9(2,10)11)13-8-5-3-4-7(12)14-8/h3-6H,1-2H3,(H3,12,13,14). The normalized spacial score (nSPS) is 13.7. The zero-order valence-corrected chi connectivity index (χ0v) is 8.09. The molecule has 78 valence electrons. The van der Waals surface area contributed by atoms with E-state index in [4.69, 9.17) is 5.73 Å². The van der Waals surface area contributed by atoms with Crippen LogP contribution in [-0.4, -0.2) is 16.9 Å². The first-order valence-corrected chi connectivity index (χ1v) is 4.26. The van der Waals surface area contributed by atoms with Crippen molar-refractivity contribution < 1.29 is 8.78 Å². The molecule has 0 aliphatic heterocycles. The summed E-state index contributed by atoms with van der Waals surface area (Å²) in [6.45, 7) is 2.25. The molecular weight excluding hydrogens is 188 g/mol. The number of hydrogen-bond donors (Lipinski definition) is 2. The zero-order valence-electron chi connectivity index (χ0n) is 8.09. The van der Waals surface area contributed by atoms with Crippen LogP contribution in [0.2, 0.25) is 0 Å². The molecule has 0 amide bonds. The highest BCUT2D eigenvalue weighted by Crippen LogP contribution is 2.20. The van der Waals surface area contributed by atoms with Crippen LogP contribution in [0.25, 0.3) is 0 Å². The van der Waals surface area contributed by atoms with Crippen LogP contribution in [-0.2, 0) is 0 Å². The average molecular weight is 201 g/mol. The van der Waals surface area contributed by atoms with E-state index < -0.39 is 12.0 Å². The fourth-order valence-electron chi connectivity index (χ4n) is 0.880. The summed E-state index contributed by atoms with van der Waals surface area (Å²) < 4.78 is 25.6. The van der Waals surface area contributed by atoms with Gasteiger partial charge in [-0.2, -0.15) is 0 Å². The lowest BCUT2D eigenvalue weighted by molar-refractivity contribution is 0.00689. The molecule has 1 aromatic rings. The van der Waals surface area contributed by atoms with Crippen molar-refractivity contribution in [2.24, 2.45) is 0 Å². The van der Waals surface area contributed by atoms with Gasteiger partial charge in [-0.1, -0.05) is 6.07 Å². The number of hydrogen-bond acceptors (Lipinski definition) is 3. The molecule has 3 nitrogen and oxygen atoms in total. The highest BCUT2D eigenvalue weighted by molar-refractivity contribution is 5.43. The highest BCUT2D eigenvalue weighted by Gasteiger charge is 2.30. The summed E-state index contributed by atoms with van der Waals surface area (Å²) in [5, 5.41) is 2.58. The Labute approximate surface area is 81.3 Å². The second-order valence-electron chi connectivity index (χ2n) is 3.27. The quantitative estimate of drug-likeness (QED) is 0.787. The SMILES string of the molecule is CC(Nc1cccc(N)n1)C(C)(F)F. The first-order valence-electron chi connectivity index (χ1n) is 4.26. The van der Waals surface area contributed by atoms with Crippen molar-refractivity contribution in [1.82, 2.24) is 4.98 Å². The summed E-state index contributed by atoms with van der Waals surface area (Å²) in [6.07, 6.45) is 0. The average Bonchev–Trinajstić information content (AvgIpc) is 2.02. The molecule has 0 saturated heterocycles. The molecule has 14 heavy (non-hydrogen) atoms. The number of nitrogens with two attached hydrogens (primary N) is 1. The summed E-state index contributed by atoms with van der Waals surface area (Å²) in [4.78, 5) is 3.86. The van der Waals surface area contributed by atoms with E-state index in [1.807, 2.05) is 0 Å². The first kappa shape index (κ1) is 10.7. The predicted octanol–water partition coefficient (Wildman–Crippen LogP) is 2.12. The monoisotopic (exact) mass is 201 g/mol. The van der Waals surface area contributed by atoms with Gasteiger partial charge in [0.2, 0.25) is 0 Å². The van der Waals surface area contributed by atoms with Gasteiger partial charge in [-0.15, -0.1) is 0 Å². The Kier molecular flexibility index (Phi) is 2.88. The Morgan fingerprint density at radius 2 is 2.14 bits per heavy atom. The van der Waals surface area contributed by atoms with Crippen LogP contribution in [0.15, 0.2) is 18.2 Å². The lowest BCUT2D eigenvalue weighted by Crippen LogP contribution is -2.34. The molecule has 0 aromatic carbocycles. The van der Waals surface area contributed by atoms with Crippen LogP contribution < -0.4 is 11.1 Å². The number of nitrogen functional groups attached to an aromatic ring is 1. The largest absolute Gasteiger partial charge is 0.384 e. The maximum Gasteiger partial charge on any atom is 0.264 e. The molecule has 0 radical (unpaired) electrons. The molecule has 5 heteroatoms. The molecule has 0 fully saturated rings. The Hall–Kier alpha value is -1.39. The Morgan fingerprint density at radius 3 is 2.64 bits per heavy atom. The van der Waals surface area contributed by atoms with Gasteiger partial charge in [0.15, 0.2) is 0 Å². The van der Waals surface area contributed by atoms with Gasteiger partial charge >= 0.3 is 0 Å². The Balaban J connectivity index is 2.70. The number of aromatic nitrogens is 1. The fraction of sp³-hybridized carbons (Fsp3) is 0.444. The Bertz CT molecular complexity index is 309. The topological polar surface area (TPSA) is 50.9 Å². The number of halogens is 2. The third kappa shape index (κ3) is 2.83. The van der Waals surface area contributed by atoms with Gasteiger partial charge in [0.05, 0.1) is 6.04 Å². The van der Waals surface area contributed by atoms with Gasteiger partial charge in [-0.25, -0.2) is 13.8 Å². The molecule has 1 unspecified atom stereocenters. The number of anilines is 2. The minimum Gasteiger partial charge on any atom is -0.384 e. The molecule has 0 aliphatic carbocycles. The van der Waals surface area contributed by atoms with Crippen molar-refractivity contribution in [2.45, 2.75) is 25.8 Å². The van der Waals surface area contributed by atoms with Gasteiger partial charge in [0.25, 0.3) is 5.92 Å². The smallest absolute Gasteiger partial charge is 0.264 e. The highest BCUT2D eigenvalue weighted by atomic mass is 19.3. The number of rotatable bonds is 3. The van der Waals surface area contributed by atoms with Crippen LogP contribution >= 0.6 is 0 Å². The van der Waals surface area contributed by atoms with Crippen molar-refractivity contribution in [3.8, 4) is 0 Å². The molecule has 3 N–H and O–H groups in total. The van der Waals surface area contributed by atoms with Crippen LogP contribution in [0, 0.1) is 0 Å².